The van der Waals surface area contributed by atoms with E-state index >= 15 is 0 Å². The fourth-order valence-electron chi connectivity index (χ4n) is 3.39. The molecule has 0 aliphatic carbocycles. The molecule has 4 heterocycles. The summed E-state index contributed by atoms with van der Waals surface area (Å²) in [5, 5.41) is 9.70. The molecule has 0 saturated heterocycles. The molecule has 24 heavy (non-hydrogen) atoms. The van der Waals surface area contributed by atoms with Crippen LogP contribution >= 0.6 is 11.3 Å². The summed E-state index contributed by atoms with van der Waals surface area (Å²) in [6.45, 7) is 2.71. The molecular weight excluding hydrogens is 326 g/mol. The van der Waals surface area contributed by atoms with Gasteiger partial charge in [0.15, 0.2) is 5.82 Å². The third-order valence-corrected chi connectivity index (χ3v) is 5.61. The topological polar surface area (TPSA) is 72.3 Å². The van der Waals surface area contributed by atoms with E-state index in [0.29, 0.717) is 19.0 Å². The van der Waals surface area contributed by atoms with Crippen molar-refractivity contribution in [3.05, 3.63) is 33.5 Å². The van der Waals surface area contributed by atoms with E-state index in [0.717, 1.165) is 38.2 Å². The minimum Gasteiger partial charge on any atom is -0.377 e. The van der Waals surface area contributed by atoms with Crippen LogP contribution in [0.25, 0.3) is 0 Å². The Kier molecular flexibility index (Phi) is 4.24. The lowest BCUT2D eigenvalue weighted by Crippen LogP contribution is -2.44. The molecule has 1 unspecified atom stereocenters. The molecule has 0 aromatic carbocycles. The van der Waals surface area contributed by atoms with Crippen LogP contribution in [0.2, 0.25) is 0 Å². The van der Waals surface area contributed by atoms with Gasteiger partial charge >= 0.3 is 6.03 Å². The molecule has 4 rings (SSSR count). The Bertz CT molecular complexity index is 741. The van der Waals surface area contributed by atoms with Crippen molar-refractivity contribution in [3.63, 3.8) is 0 Å². The Hall–Kier alpha value is -1.93. The normalized spacial score (nSPS) is 19.7. The summed E-state index contributed by atoms with van der Waals surface area (Å²) < 4.78 is 7.01. The number of amides is 2. The second kappa shape index (κ2) is 6.52. The van der Waals surface area contributed by atoms with Crippen LogP contribution in [-0.4, -0.2) is 39.4 Å². The SMILES string of the molecule is COCc1nc2n(n1)CCCC2NC(=O)N1CCc2sccc2C1. The Morgan fingerprint density at radius 1 is 1.50 bits per heavy atom. The lowest BCUT2D eigenvalue weighted by Gasteiger charge is -2.30. The van der Waals surface area contributed by atoms with E-state index in [1.54, 1.807) is 18.4 Å². The number of carbonyl (C=O) groups excluding carboxylic acids is 1. The molecule has 0 bridgehead atoms. The molecule has 7 nitrogen and oxygen atoms in total. The van der Waals surface area contributed by atoms with Crippen molar-refractivity contribution in [2.75, 3.05) is 13.7 Å². The second-order valence-corrected chi connectivity index (χ2v) is 7.23. The van der Waals surface area contributed by atoms with Crippen molar-refractivity contribution in [3.8, 4) is 0 Å². The van der Waals surface area contributed by atoms with Crippen LogP contribution in [0, 0.1) is 0 Å². The molecule has 2 aromatic heterocycles. The third kappa shape index (κ3) is 2.91. The maximum Gasteiger partial charge on any atom is 0.318 e. The van der Waals surface area contributed by atoms with Crippen LogP contribution in [0.5, 0.6) is 0 Å². The van der Waals surface area contributed by atoms with Crippen molar-refractivity contribution >= 4 is 17.4 Å². The van der Waals surface area contributed by atoms with Gasteiger partial charge in [0.1, 0.15) is 12.4 Å². The maximum atomic E-state index is 12.7. The first kappa shape index (κ1) is 15.6. The molecule has 2 aliphatic rings. The predicted molar refractivity (Wildman–Crippen MR) is 89.7 cm³/mol. The van der Waals surface area contributed by atoms with Gasteiger partial charge in [0.05, 0.1) is 6.04 Å². The smallest absolute Gasteiger partial charge is 0.318 e. The van der Waals surface area contributed by atoms with Crippen molar-refractivity contribution in [1.29, 1.82) is 0 Å². The molecule has 128 valence electrons. The molecule has 2 aliphatic heterocycles. The summed E-state index contributed by atoms with van der Waals surface area (Å²) in [6, 6.07) is 2.03. The first-order valence-corrected chi connectivity index (χ1v) is 9.16. The predicted octanol–water partition coefficient (Wildman–Crippen LogP) is 2.09. The second-order valence-electron chi connectivity index (χ2n) is 6.23. The largest absolute Gasteiger partial charge is 0.377 e. The number of nitrogens with one attached hydrogen (secondary N) is 1. The molecule has 0 spiro atoms. The monoisotopic (exact) mass is 347 g/mol. The summed E-state index contributed by atoms with van der Waals surface area (Å²) in [4.78, 5) is 20.5. The number of thiophene rings is 1. The molecule has 2 amide bonds. The van der Waals surface area contributed by atoms with Crippen molar-refractivity contribution in [2.45, 2.75) is 45.0 Å². The van der Waals surface area contributed by atoms with Gasteiger partial charge in [-0.15, -0.1) is 11.3 Å². The number of aryl methyl sites for hydroxylation is 1. The highest BCUT2D eigenvalue weighted by Gasteiger charge is 2.28. The lowest BCUT2D eigenvalue weighted by atomic mass is 10.1. The molecule has 2 aromatic rings. The molecule has 1 N–H and O–H groups in total. The number of rotatable bonds is 3. The van der Waals surface area contributed by atoms with Gasteiger partial charge in [0.25, 0.3) is 0 Å². The summed E-state index contributed by atoms with van der Waals surface area (Å²) in [5.41, 5.74) is 1.27. The van der Waals surface area contributed by atoms with Crippen LogP contribution in [0.4, 0.5) is 4.79 Å². The number of urea groups is 1. The van der Waals surface area contributed by atoms with E-state index in [2.05, 4.69) is 26.8 Å². The van der Waals surface area contributed by atoms with E-state index in [-0.39, 0.29) is 12.1 Å². The summed E-state index contributed by atoms with van der Waals surface area (Å²) in [7, 11) is 1.63. The number of ether oxygens (including phenoxy) is 1. The molecule has 1 atom stereocenters. The first-order valence-electron chi connectivity index (χ1n) is 8.28. The van der Waals surface area contributed by atoms with Gasteiger partial charge in [-0.05, 0) is 36.3 Å². The average molecular weight is 347 g/mol. The fourth-order valence-corrected chi connectivity index (χ4v) is 4.28. The van der Waals surface area contributed by atoms with E-state index in [1.165, 1.54) is 10.4 Å². The Labute approximate surface area is 144 Å². The van der Waals surface area contributed by atoms with Crippen LogP contribution in [0.1, 0.15) is 41.0 Å². The van der Waals surface area contributed by atoms with Crippen molar-refractivity contribution < 1.29 is 9.53 Å². The Morgan fingerprint density at radius 2 is 2.42 bits per heavy atom. The summed E-state index contributed by atoms with van der Waals surface area (Å²) >= 11 is 1.78. The third-order valence-electron chi connectivity index (χ3n) is 4.58. The van der Waals surface area contributed by atoms with E-state index in [1.807, 2.05) is 9.58 Å². The molecule has 0 radical (unpaired) electrons. The zero-order chi connectivity index (χ0) is 16.5. The standard InChI is InChI=1S/C16H21N5O2S/c1-23-10-14-18-15-12(3-2-6-21(15)19-14)17-16(22)20-7-4-13-11(9-20)5-8-24-13/h5,8,12H,2-4,6-7,9-10H2,1H3,(H,17,22). The van der Waals surface area contributed by atoms with E-state index < -0.39 is 0 Å². The van der Waals surface area contributed by atoms with Gasteiger partial charge in [-0.2, -0.15) is 5.10 Å². The molecular formula is C16H21N5O2S. The van der Waals surface area contributed by atoms with E-state index in [9.17, 15) is 4.79 Å². The summed E-state index contributed by atoms with van der Waals surface area (Å²) in [5.74, 6) is 1.52. The Morgan fingerprint density at radius 3 is 3.29 bits per heavy atom. The van der Waals surface area contributed by atoms with Gasteiger partial charge in [-0.1, -0.05) is 0 Å². The quantitative estimate of drug-likeness (QED) is 0.923. The molecule has 0 fully saturated rings. The van der Waals surface area contributed by atoms with Crippen LogP contribution in [0.15, 0.2) is 11.4 Å². The van der Waals surface area contributed by atoms with Gasteiger partial charge in [-0.3, -0.25) is 0 Å². The highest BCUT2D eigenvalue weighted by Crippen LogP contribution is 2.26. The van der Waals surface area contributed by atoms with E-state index in [4.69, 9.17) is 4.74 Å². The maximum absolute atomic E-state index is 12.7. The summed E-state index contributed by atoms with van der Waals surface area (Å²) in [6.07, 6.45) is 2.83. The lowest BCUT2D eigenvalue weighted by molar-refractivity contribution is 0.177. The molecule has 0 saturated carbocycles. The Balaban J connectivity index is 1.45. The van der Waals surface area contributed by atoms with Crippen molar-refractivity contribution in [2.24, 2.45) is 0 Å². The number of aromatic nitrogens is 3. The van der Waals surface area contributed by atoms with Crippen LogP contribution in [0.3, 0.4) is 0 Å². The number of fused-ring (bicyclic) bond motifs is 2. The molecule has 8 heteroatoms. The zero-order valence-electron chi connectivity index (χ0n) is 13.7. The van der Waals surface area contributed by atoms with Crippen LogP contribution < -0.4 is 5.32 Å². The minimum absolute atomic E-state index is 0.0124. The van der Waals surface area contributed by atoms with Gasteiger partial charge in [0, 0.05) is 31.6 Å². The number of methoxy groups -OCH3 is 1. The highest BCUT2D eigenvalue weighted by molar-refractivity contribution is 7.10. The number of hydrogen-bond donors (Lipinski definition) is 1. The van der Waals surface area contributed by atoms with Crippen molar-refractivity contribution in [1.82, 2.24) is 25.0 Å². The highest BCUT2D eigenvalue weighted by atomic mass is 32.1. The average Bonchev–Trinajstić information content (AvgIpc) is 3.20. The minimum atomic E-state index is -0.0757. The van der Waals surface area contributed by atoms with Crippen LogP contribution in [-0.2, 0) is 30.9 Å². The van der Waals surface area contributed by atoms with Gasteiger partial charge in [-0.25, -0.2) is 14.5 Å². The van der Waals surface area contributed by atoms with Gasteiger partial charge in [0.2, 0.25) is 0 Å². The number of carbonyl (C=O) groups is 1. The zero-order valence-corrected chi connectivity index (χ0v) is 14.5. The fraction of sp³-hybridized carbons (Fsp3) is 0.562. The number of hydrogen-bond acceptors (Lipinski definition) is 5. The number of nitrogens with zero attached hydrogens (tertiary/aromatic N) is 4. The first-order chi connectivity index (χ1) is 11.7. The van der Waals surface area contributed by atoms with Gasteiger partial charge < -0.3 is 15.0 Å².